The average molecular weight is 443 g/mol. The van der Waals surface area contributed by atoms with Crippen molar-refractivity contribution in [3.63, 3.8) is 0 Å². The van der Waals surface area contributed by atoms with E-state index in [2.05, 4.69) is 37.4 Å². The van der Waals surface area contributed by atoms with Gasteiger partial charge in [0, 0.05) is 42.9 Å². The van der Waals surface area contributed by atoms with Crippen LogP contribution in [0.5, 0.6) is 0 Å². The van der Waals surface area contributed by atoms with Crippen LogP contribution in [0.1, 0.15) is 72.5 Å². The Balaban J connectivity index is 1.66. The zero-order valence-corrected chi connectivity index (χ0v) is 19.7. The number of benzene rings is 2. The van der Waals surface area contributed by atoms with Gasteiger partial charge in [-0.1, -0.05) is 43.6 Å². The molecule has 31 heavy (non-hydrogen) atoms. The van der Waals surface area contributed by atoms with Crippen LogP contribution >= 0.6 is 11.6 Å². The van der Waals surface area contributed by atoms with Gasteiger partial charge in [0.1, 0.15) is 0 Å². The lowest BCUT2D eigenvalue weighted by atomic mass is 9.79. The van der Waals surface area contributed by atoms with Gasteiger partial charge in [-0.15, -0.1) is 0 Å². The first kappa shape index (κ1) is 23.8. The molecule has 0 unspecified atom stereocenters. The fourth-order valence-electron chi connectivity index (χ4n) is 4.55. The Morgan fingerprint density at radius 1 is 1.13 bits per heavy atom. The quantitative estimate of drug-likeness (QED) is 0.592. The summed E-state index contributed by atoms with van der Waals surface area (Å²) >= 11 is 5.96. The van der Waals surface area contributed by atoms with Gasteiger partial charge in [0.05, 0.1) is 0 Å². The second-order valence-electron chi connectivity index (χ2n) is 8.97. The number of halogens is 1. The Morgan fingerprint density at radius 3 is 2.42 bits per heavy atom. The fraction of sp³-hybridized carbons (Fsp3) is 0.500. The number of hydrogen-bond donors (Lipinski definition) is 2. The third-order valence-electron chi connectivity index (χ3n) is 6.40. The van der Waals surface area contributed by atoms with Crippen LogP contribution in [0.15, 0.2) is 42.5 Å². The Bertz CT molecular complexity index is 858. The molecule has 1 aliphatic rings. The number of aliphatic hydroxyl groups is 1. The lowest BCUT2D eigenvalue weighted by Crippen LogP contribution is -2.39. The van der Waals surface area contributed by atoms with Crippen molar-refractivity contribution in [1.29, 1.82) is 0 Å². The maximum absolute atomic E-state index is 12.9. The van der Waals surface area contributed by atoms with Crippen molar-refractivity contribution in [2.24, 2.45) is 0 Å². The van der Waals surface area contributed by atoms with Gasteiger partial charge < -0.3 is 15.3 Å². The van der Waals surface area contributed by atoms with E-state index in [1.54, 1.807) is 24.3 Å². The summed E-state index contributed by atoms with van der Waals surface area (Å²) in [7, 11) is 1.92. The summed E-state index contributed by atoms with van der Waals surface area (Å²) in [4.78, 5) is 14.8. The number of rotatable bonds is 8. The number of amides is 1. The molecular formula is C26H35ClN2O2. The molecule has 3 rings (SSSR count). The Kier molecular flexibility index (Phi) is 8.53. The van der Waals surface area contributed by atoms with E-state index >= 15 is 0 Å². The van der Waals surface area contributed by atoms with Gasteiger partial charge in [-0.05, 0) is 79.0 Å². The van der Waals surface area contributed by atoms with Crippen LogP contribution in [0, 0.1) is 0 Å². The van der Waals surface area contributed by atoms with Gasteiger partial charge in [0.2, 0.25) is 0 Å². The second kappa shape index (κ2) is 11.1. The van der Waals surface area contributed by atoms with Gasteiger partial charge >= 0.3 is 0 Å². The minimum Gasteiger partial charge on any atom is -0.396 e. The van der Waals surface area contributed by atoms with Crippen molar-refractivity contribution < 1.29 is 9.90 Å². The molecule has 0 spiro atoms. The summed E-state index contributed by atoms with van der Waals surface area (Å²) in [6.45, 7) is 5.35. The molecule has 0 heterocycles. The molecule has 5 heteroatoms. The lowest BCUT2D eigenvalue weighted by Gasteiger charge is -2.35. The molecule has 0 radical (unpaired) electrons. The molecule has 1 aliphatic carbocycles. The molecule has 0 bridgehead atoms. The second-order valence-corrected chi connectivity index (χ2v) is 9.41. The zero-order valence-electron chi connectivity index (χ0n) is 18.9. The predicted octanol–water partition coefficient (Wildman–Crippen LogP) is 5.17. The molecule has 0 atom stereocenters. The lowest BCUT2D eigenvalue weighted by molar-refractivity contribution is 0.0689. The van der Waals surface area contributed by atoms with Crippen molar-refractivity contribution in [2.75, 3.05) is 13.7 Å². The molecule has 1 amide bonds. The molecule has 2 N–H and O–H groups in total. The average Bonchev–Trinajstić information content (AvgIpc) is 2.78. The predicted molar refractivity (Wildman–Crippen MR) is 128 cm³/mol. The van der Waals surface area contributed by atoms with E-state index < -0.39 is 0 Å². The molecule has 168 valence electrons. The molecular weight excluding hydrogens is 408 g/mol. The third kappa shape index (κ3) is 6.31. The van der Waals surface area contributed by atoms with E-state index in [-0.39, 0.29) is 18.6 Å². The SMILES string of the molecule is CC(C)NCc1cc(CCO)ccc1[C@H]1CC[C@H](N(C)C(=O)c2ccc(Cl)cc2)CC1. The number of carbonyl (C=O) groups excluding carboxylic acids is 1. The largest absolute Gasteiger partial charge is 0.396 e. The molecule has 0 saturated heterocycles. The van der Waals surface area contributed by atoms with Crippen LogP contribution in [0.4, 0.5) is 0 Å². The van der Waals surface area contributed by atoms with Gasteiger partial charge in [0.25, 0.3) is 5.91 Å². The Hall–Kier alpha value is -1.88. The number of nitrogens with zero attached hydrogens (tertiary/aromatic N) is 1. The maximum Gasteiger partial charge on any atom is 0.253 e. The molecule has 1 saturated carbocycles. The van der Waals surface area contributed by atoms with Crippen LogP contribution in [0.25, 0.3) is 0 Å². The normalized spacial score (nSPS) is 18.9. The molecule has 2 aromatic rings. The summed E-state index contributed by atoms with van der Waals surface area (Å²) < 4.78 is 0. The number of aliphatic hydroxyl groups excluding tert-OH is 1. The van der Waals surface area contributed by atoms with E-state index in [0.717, 1.165) is 32.2 Å². The van der Waals surface area contributed by atoms with Gasteiger partial charge in [-0.25, -0.2) is 0 Å². The number of carbonyl (C=O) groups is 1. The summed E-state index contributed by atoms with van der Waals surface area (Å²) in [6, 6.07) is 14.5. The minimum absolute atomic E-state index is 0.0651. The topological polar surface area (TPSA) is 52.6 Å². The van der Waals surface area contributed by atoms with E-state index in [1.807, 2.05) is 11.9 Å². The first-order valence-electron chi connectivity index (χ1n) is 11.4. The highest BCUT2D eigenvalue weighted by Crippen LogP contribution is 2.37. The van der Waals surface area contributed by atoms with Crippen LogP contribution in [0.3, 0.4) is 0 Å². The van der Waals surface area contributed by atoms with Crippen LogP contribution in [0.2, 0.25) is 5.02 Å². The monoisotopic (exact) mass is 442 g/mol. The van der Waals surface area contributed by atoms with Gasteiger partial charge in [0.15, 0.2) is 0 Å². The molecule has 4 nitrogen and oxygen atoms in total. The van der Waals surface area contributed by atoms with E-state index in [1.165, 1.54) is 16.7 Å². The standard InChI is InChI=1S/C26H35ClN2O2/c1-18(2)28-17-22-16-19(14-15-30)4-13-25(22)20-7-11-24(12-8-20)29(3)26(31)21-5-9-23(27)10-6-21/h4-6,9-10,13,16,18,20,24,28,30H,7-8,11-12,14-15,17H2,1-3H3/t20-,24-. The summed E-state index contributed by atoms with van der Waals surface area (Å²) in [6.07, 6.45) is 4.87. The fourth-order valence-corrected chi connectivity index (χ4v) is 4.67. The molecule has 0 aliphatic heterocycles. The first-order valence-corrected chi connectivity index (χ1v) is 11.8. The van der Waals surface area contributed by atoms with Gasteiger partial charge in [-0.2, -0.15) is 0 Å². The van der Waals surface area contributed by atoms with E-state index in [0.29, 0.717) is 29.0 Å². The van der Waals surface area contributed by atoms with Crippen LogP contribution < -0.4 is 5.32 Å². The van der Waals surface area contributed by atoms with E-state index in [4.69, 9.17) is 11.6 Å². The van der Waals surface area contributed by atoms with Crippen LogP contribution in [-0.2, 0) is 13.0 Å². The third-order valence-corrected chi connectivity index (χ3v) is 6.66. The highest BCUT2D eigenvalue weighted by atomic mass is 35.5. The van der Waals surface area contributed by atoms with Crippen molar-refractivity contribution in [1.82, 2.24) is 10.2 Å². The Morgan fingerprint density at radius 2 is 1.81 bits per heavy atom. The summed E-state index contributed by atoms with van der Waals surface area (Å²) in [5, 5.41) is 13.5. The summed E-state index contributed by atoms with van der Waals surface area (Å²) in [5.74, 6) is 0.581. The minimum atomic E-state index is 0.0651. The Labute approximate surface area is 191 Å². The number of nitrogens with one attached hydrogen (secondary N) is 1. The van der Waals surface area contributed by atoms with E-state index in [9.17, 15) is 9.90 Å². The zero-order chi connectivity index (χ0) is 22.4. The highest BCUT2D eigenvalue weighted by Gasteiger charge is 2.28. The van der Waals surface area contributed by atoms with Gasteiger partial charge in [-0.3, -0.25) is 4.79 Å². The molecule has 2 aromatic carbocycles. The molecule has 1 fully saturated rings. The first-order chi connectivity index (χ1) is 14.9. The highest BCUT2D eigenvalue weighted by molar-refractivity contribution is 6.30. The summed E-state index contributed by atoms with van der Waals surface area (Å²) in [5.41, 5.74) is 4.64. The maximum atomic E-state index is 12.9. The van der Waals surface area contributed by atoms with Crippen molar-refractivity contribution in [3.8, 4) is 0 Å². The van der Waals surface area contributed by atoms with Crippen LogP contribution in [-0.4, -0.2) is 41.7 Å². The smallest absolute Gasteiger partial charge is 0.253 e. The van der Waals surface area contributed by atoms with Crippen molar-refractivity contribution in [2.45, 2.75) is 70.5 Å². The molecule has 0 aromatic heterocycles. The van der Waals surface area contributed by atoms with Crippen molar-refractivity contribution >= 4 is 17.5 Å². The number of hydrogen-bond acceptors (Lipinski definition) is 3. The van der Waals surface area contributed by atoms with Crippen molar-refractivity contribution in [3.05, 3.63) is 69.7 Å².